The fourth-order valence-corrected chi connectivity index (χ4v) is 6.50. The Kier molecular flexibility index (Phi) is 3.36. The van der Waals surface area contributed by atoms with E-state index in [0.717, 1.165) is 61.3 Å². The van der Waals surface area contributed by atoms with Gasteiger partial charge in [-0.3, -0.25) is 9.78 Å². The van der Waals surface area contributed by atoms with Crippen molar-refractivity contribution in [2.75, 3.05) is 20.1 Å². The molecule has 7 rings (SSSR count). The van der Waals surface area contributed by atoms with Crippen molar-refractivity contribution in [1.82, 2.24) is 20.2 Å². The number of likely N-dealkylation sites (N-methyl/N-ethyl adjacent to an activating group) is 1. The number of aryl methyl sites for hydroxylation is 1. The van der Waals surface area contributed by atoms with E-state index in [0.29, 0.717) is 5.02 Å². The van der Waals surface area contributed by atoms with Crippen molar-refractivity contribution in [3.8, 4) is 22.5 Å². The first-order chi connectivity index (χ1) is 15.0. The van der Waals surface area contributed by atoms with Crippen LogP contribution >= 0.6 is 11.6 Å². The van der Waals surface area contributed by atoms with Crippen LogP contribution in [0.3, 0.4) is 0 Å². The van der Waals surface area contributed by atoms with E-state index in [9.17, 15) is 4.79 Å². The number of nitrogens with zero attached hydrogens (tertiary/aromatic N) is 2. The molecule has 3 aromatic rings. The lowest BCUT2D eigenvalue weighted by atomic mass is 9.65. The zero-order valence-corrected chi connectivity index (χ0v) is 18.1. The first kappa shape index (κ1) is 18.0. The number of benzene rings is 1. The quantitative estimate of drug-likeness (QED) is 0.614. The summed E-state index contributed by atoms with van der Waals surface area (Å²) >= 11 is 6.22. The predicted molar refractivity (Wildman–Crippen MR) is 120 cm³/mol. The number of rotatable bonds is 1. The number of likely N-dealkylation sites (tertiary alicyclic amines) is 1. The summed E-state index contributed by atoms with van der Waals surface area (Å²) in [5.74, 6) is 0.109. The van der Waals surface area contributed by atoms with Crippen molar-refractivity contribution in [3.05, 3.63) is 63.9 Å². The lowest BCUT2D eigenvalue weighted by Gasteiger charge is -2.55. The van der Waals surface area contributed by atoms with Crippen molar-refractivity contribution in [1.29, 1.82) is 0 Å². The number of aromatic amines is 1. The van der Waals surface area contributed by atoms with E-state index >= 15 is 0 Å². The van der Waals surface area contributed by atoms with Gasteiger partial charge in [0.15, 0.2) is 0 Å². The third-order valence-corrected chi connectivity index (χ3v) is 8.16. The van der Waals surface area contributed by atoms with Crippen LogP contribution < -0.4 is 5.32 Å². The van der Waals surface area contributed by atoms with Gasteiger partial charge >= 0.3 is 0 Å². The van der Waals surface area contributed by atoms with Gasteiger partial charge in [0.1, 0.15) is 0 Å². The number of halogens is 1. The first-order valence-electron chi connectivity index (χ1n) is 11.0. The molecule has 1 amide bonds. The lowest BCUT2D eigenvalue weighted by Crippen LogP contribution is -2.71. The minimum absolute atomic E-state index is 0.0192. The van der Waals surface area contributed by atoms with Gasteiger partial charge in [-0.2, -0.15) is 0 Å². The fourth-order valence-electron chi connectivity index (χ4n) is 6.31. The van der Waals surface area contributed by atoms with E-state index in [1.165, 1.54) is 22.4 Å². The summed E-state index contributed by atoms with van der Waals surface area (Å²) in [7, 11) is 2.17. The van der Waals surface area contributed by atoms with Crippen LogP contribution in [0.1, 0.15) is 40.0 Å². The Morgan fingerprint density at radius 2 is 2.00 bits per heavy atom. The Morgan fingerprint density at radius 1 is 1.16 bits per heavy atom. The zero-order valence-electron chi connectivity index (χ0n) is 17.4. The monoisotopic (exact) mass is 430 g/mol. The normalized spacial score (nSPS) is 21.8. The molecule has 4 heterocycles. The van der Waals surface area contributed by atoms with Gasteiger partial charge in [-0.25, -0.2) is 0 Å². The minimum Gasteiger partial charge on any atom is -0.357 e. The van der Waals surface area contributed by atoms with Gasteiger partial charge < -0.3 is 15.2 Å². The summed E-state index contributed by atoms with van der Waals surface area (Å²) in [6.45, 7) is 1.99. The second-order valence-corrected chi connectivity index (χ2v) is 10.2. The molecule has 1 saturated heterocycles. The number of pyridine rings is 1. The SMILES string of the molecule is CN1CC2(C1)c1[nH]c3c(c1C(=O)NC21CC1)CCc1cnc(-c2cccc(Cl)c2)cc1-3. The number of hydrogen-bond acceptors (Lipinski definition) is 3. The molecule has 1 aromatic carbocycles. The van der Waals surface area contributed by atoms with Gasteiger partial charge in [0.2, 0.25) is 0 Å². The Bertz CT molecular complexity index is 1280. The molecule has 0 unspecified atom stereocenters. The molecule has 6 heteroatoms. The molecule has 0 atom stereocenters. The summed E-state index contributed by atoms with van der Waals surface area (Å²) < 4.78 is 0. The fraction of sp³-hybridized carbons (Fsp3) is 0.360. The summed E-state index contributed by atoms with van der Waals surface area (Å²) in [6.07, 6.45) is 5.92. The second kappa shape index (κ2) is 5.78. The van der Waals surface area contributed by atoms with Crippen LogP contribution in [-0.4, -0.2) is 46.5 Å². The average molecular weight is 431 g/mol. The molecule has 0 radical (unpaired) electrons. The molecule has 2 fully saturated rings. The third kappa shape index (κ3) is 2.26. The number of nitrogens with one attached hydrogen (secondary N) is 2. The molecule has 4 aliphatic rings. The molecule has 2 aromatic heterocycles. The molecule has 2 aliphatic heterocycles. The summed E-state index contributed by atoms with van der Waals surface area (Å²) in [6, 6.07) is 9.97. The van der Waals surface area contributed by atoms with Gasteiger partial charge in [-0.15, -0.1) is 0 Å². The minimum atomic E-state index is -0.0515. The molecule has 156 valence electrons. The van der Waals surface area contributed by atoms with Crippen molar-refractivity contribution in [3.63, 3.8) is 0 Å². The van der Waals surface area contributed by atoms with Crippen molar-refractivity contribution in [2.45, 2.75) is 36.6 Å². The maximum atomic E-state index is 13.2. The number of H-pyrrole nitrogens is 1. The third-order valence-electron chi connectivity index (χ3n) is 7.93. The standard InChI is InChI=1S/C25H23ClN4O/c1-30-12-24(13-30)22-20(23(31)29-25(24)7-8-25)17-6-5-15-11-27-19(10-18(15)21(17)28-22)14-3-2-4-16(26)9-14/h2-4,9-11,28H,5-8,12-13H2,1H3,(H,29,31). The van der Waals surface area contributed by atoms with E-state index in [1.807, 2.05) is 30.5 Å². The number of aromatic nitrogens is 2. The van der Waals surface area contributed by atoms with Crippen LogP contribution in [0, 0.1) is 0 Å². The Morgan fingerprint density at radius 3 is 2.74 bits per heavy atom. The number of carbonyl (C=O) groups is 1. The van der Waals surface area contributed by atoms with E-state index < -0.39 is 0 Å². The highest BCUT2D eigenvalue weighted by Gasteiger charge is 2.68. The molecule has 2 spiro atoms. The summed E-state index contributed by atoms with van der Waals surface area (Å²) in [5.41, 5.74) is 8.65. The Labute approximate surface area is 185 Å². The van der Waals surface area contributed by atoms with Gasteiger partial charge in [-0.1, -0.05) is 23.7 Å². The van der Waals surface area contributed by atoms with Gasteiger partial charge in [-0.05, 0) is 62.1 Å². The lowest BCUT2D eigenvalue weighted by molar-refractivity contribution is 0.0340. The maximum absolute atomic E-state index is 13.2. The average Bonchev–Trinajstić information content (AvgIpc) is 3.39. The van der Waals surface area contributed by atoms with E-state index in [-0.39, 0.29) is 16.9 Å². The summed E-state index contributed by atoms with van der Waals surface area (Å²) in [4.78, 5) is 24.1. The molecule has 1 saturated carbocycles. The molecular weight excluding hydrogens is 408 g/mol. The number of fused-ring (bicyclic) bond motifs is 7. The Balaban J connectivity index is 1.42. The number of carbonyl (C=O) groups excluding carboxylic acids is 1. The van der Waals surface area contributed by atoms with Crippen molar-refractivity contribution >= 4 is 17.5 Å². The van der Waals surface area contributed by atoms with E-state index in [1.54, 1.807) is 0 Å². The van der Waals surface area contributed by atoms with Gasteiger partial charge in [0, 0.05) is 41.1 Å². The van der Waals surface area contributed by atoms with Crippen molar-refractivity contribution < 1.29 is 4.79 Å². The number of hydrogen-bond donors (Lipinski definition) is 2. The maximum Gasteiger partial charge on any atom is 0.253 e. The summed E-state index contributed by atoms with van der Waals surface area (Å²) in [5, 5.41) is 4.13. The highest BCUT2D eigenvalue weighted by molar-refractivity contribution is 6.30. The van der Waals surface area contributed by atoms with Crippen LogP contribution in [0.4, 0.5) is 0 Å². The predicted octanol–water partition coefficient (Wildman–Crippen LogP) is 3.95. The van der Waals surface area contributed by atoms with Crippen LogP contribution in [0.25, 0.3) is 22.5 Å². The second-order valence-electron chi connectivity index (χ2n) is 9.76. The Hall–Kier alpha value is -2.63. The molecule has 2 N–H and O–H groups in total. The van der Waals surface area contributed by atoms with Crippen LogP contribution in [0.15, 0.2) is 36.5 Å². The smallest absolute Gasteiger partial charge is 0.253 e. The van der Waals surface area contributed by atoms with Crippen LogP contribution in [0.2, 0.25) is 5.02 Å². The van der Waals surface area contributed by atoms with Gasteiger partial charge in [0.05, 0.1) is 27.9 Å². The number of amides is 1. The van der Waals surface area contributed by atoms with E-state index in [2.05, 4.69) is 28.3 Å². The van der Waals surface area contributed by atoms with Crippen LogP contribution in [0.5, 0.6) is 0 Å². The molecule has 5 nitrogen and oxygen atoms in total. The highest BCUT2D eigenvalue weighted by atomic mass is 35.5. The van der Waals surface area contributed by atoms with Gasteiger partial charge in [0.25, 0.3) is 5.91 Å². The van der Waals surface area contributed by atoms with Crippen LogP contribution in [-0.2, 0) is 18.3 Å². The molecule has 0 bridgehead atoms. The largest absolute Gasteiger partial charge is 0.357 e. The topological polar surface area (TPSA) is 61.0 Å². The zero-order chi connectivity index (χ0) is 21.0. The molecule has 31 heavy (non-hydrogen) atoms. The molecular formula is C25H23ClN4O. The van der Waals surface area contributed by atoms with Crippen molar-refractivity contribution in [2.24, 2.45) is 0 Å². The molecule has 2 aliphatic carbocycles. The first-order valence-corrected chi connectivity index (χ1v) is 11.4. The van der Waals surface area contributed by atoms with E-state index in [4.69, 9.17) is 16.6 Å². The highest BCUT2D eigenvalue weighted by Crippen LogP contribution is 2.59.